The third-order valence-electron chi connectivity index (χ3n) is 3.99. The lowest BCUT2D eigenvalue weighted by Gasteiger charge is -2.10. The molecule has 1 N–H and O–H groups in total. The minimum atomic E-state index is -1.03. The van der Waals surface area contributed by atoms with Crippen molar-refractivity contribution in [2.45, 2.75) is 4.90 Å². The molecule has 0 atom stereocenters. The van der Waals surface area contributed by atoms with Crippen LogP contribution in [0.2, 0.25) is 0 Å². The second-order valence-corrected chi connectivity index (χ2v) is 7.20. The Kier molecular flexibility index (Phi) is 7.03. The highest BCUT2D eigenvalue weighted by Gasteiger charge is 2.08. The Labute approximate surface area is 171 Å². The van der Waals surface area contributed by atoms with E-state index in [2.05, 4.69) is 0 Å². The summed E-state index contributed by atoms with van der Waals surface area (Å²) in [7, 11) is 0. The molecule has 0 saturated heterocycles. The van der Waals surface area contributed by atoms with Crippen LogP contribution in [-0.2, 0) is 4.79 Å². The van der Waals surface area contributed by atoms with Crippen molar-refractivity contribution in [1.29, 1.82) is 0 Å². The van der Waals surface area contributed by atoms with Gasteiger partial charge in [-0.25, -0.2) is 13.6 Å². The van der Waals surface area contributed by atoms with Crippen LogP contribution in [-0.4, -0.2) is 23.4 Å². The second-order valence-electron chi connectivity index (χ2n) is 6.10. The zero-order valence-corrected chi connectivity index (χ0v) is 16.2. The van der Waals surface area contributed by atoms with Gasteiger partial charge in [-0.1, -0.05) is 30.3 Å². The van der Waals surface area contributed by atoms with E-state index in [9.17, 15) is 13.6 Å². The first kappa shape index (κ1) is 20.6. The van der Waals surface area contributed by atoms with E-state index in [0.29, 0.717) is 22.6 Å². The van der Waals surface area contributed by atoms with Crippen molar-refractivity contribution in [3.05, 3.63) is 102 Å². The molecule has 0 aliphatic heterocycles. The fourth-order valence-electron chi connectivity index (χ4n) is 2.71. The van der Waals surface area contributed by atoms with Gasteiger partial charge in [0.05, 0.1) is 0 Å². The van der Waals surface area contributed by atoms with E-state index in [-0.39, 0.29) is 18.2 Å². The number of benzene rings is 3. The molecule has 0 bridgehead atoms. The largest absolute Gasteiger partial charge is 0.482 e. The molecule has 29 heavy (non-hydrogen) atoms. The summed E-state index contributed by atoms with van der Waals surface area (Å²) in [5.41, 5.74) is 2.10. The van der Waals surface area contributed by atoms with Gasteiger partial charge in [0.2, 0.25) is 0 Å². The molecule has 0 unspecified atom stereocenters. The number of carbonyl (C=O) groups is 1. The van der Waals surface area contributed by atoms with Crippen LogP contribution in [0, 0.1) is 11.6 Å². The van der Waals surface area contributed by atoms with Crippen LogP contribution >= 0.6 is 11.8 Å². The Hall–Kier alpha value is -3.12. The van der Waals surface area contributed by atoms with Gasteiger partial charge < -0.3 is 9.84 Å². The normalized spacial score (nSPS) is 10.4. The molecule has 3 aromatic rings. The molecule has 0 spiro atoms. The molecule has 0 heterocycles. The Morgan fingerprint density at radius 2 is 1.52 bits per heavy atom. The quantitative estimate of drug-likeness (QED) is 0.486. The predicted molar refractivity (Wildman–Crippen MR) is 110 cm³/mol. The lowest BCUT2D eigenvalue weighted by molar-refractivity contribution is -0.139. The first-order chi connectivity index (χ1) is 14.0. The summed E-state index contributed by atoms with van der Waals surface area (Å²) >= 11 is 1.54. The number of hydrogen-bond donors (Lipinski definition) is 1. The maximum Gasteiger partial charge on any atom is 0.341 e. The van der Waals surface area contributed by atoms with Crippen LogP contribution in [0.25, 0.3) is 5.57 Å². The van der Waals surface area contributed by atoms with Crippen molar-refractivity contribution in [2.24, 2.45) is 0 Å². The molecule has 148 valence electrons. The van der Waals surface area contributed by atoms with Gasteiger partial charge in [0.15, 0.2) is 6.61 Å². The van der Waals surface area contributed by atoms with E-state index >= 15 is 0 Å². The SMILES string of the molecule is O=C(O)COc1ccc(SCC=C(c2cccc(F)c2)c2cccc(F)c2)cc1. The highest BCUT2D eigenvalue weighted by molar-refractivity contribution is 7.99. The molecule has 0 aromatic heterocycles. The third-order valence-corrected chi connectivity index (χ3v) is 4.93. The van der Waals surface area contributed by atoms with Crippen LogP contribution < -0.4 is 4.74 Å². The first-order valence-corrected chi connectivity index (χ1v) is 9.79. The highest BCUT2D eigenvalue weighted by Crippen LogP contribution is 2.27. The number of thioether (sulfide) groups is 1. The minimum absolute atomic E-state index is 0.352. The second kappa shape index (κ2) is 9.89. The van der Waals surface area contributed by atoms with Crippen LogP contribution in [0.4, 0.5) is 8.78 Å². The summed E-state index contributed by atoms with van der Waals surface area (Å²) in [4.78, 5) is 11.5. The van der Waals surface area contributed by atoms with Crippen LogP contribution in [0.15, 0.2) is 83.8 Å². The van der Waals surface area contributed by atoms with Crippen molar-refractivity contribution in [1.82, 2.24) is 0 Å². The van der Waals surface area contributed by atoms with Gasteiger partial charge in [0.25, 0.3) is 0 Å². The number of aliphatic carboxylic acids is 1. The lowest BCUT2D eigenvalue weighted by Crippen LogP contribution is -2.09. The van der Waals surface area contributed by atoms with Crippen molar-refractivity contribution in [3.63, 3.8) is 0 Å². The molecular weight excluding hydrogens is 394 g/mol. The molecule has 0 saturated carbocycles. The van der Waals surface area contributed by atoms with E-state index in [4.69, 9.17) is 9.84 Å². The fraction of sp³-hybridized carbons (Fsp3) is 0.0870. The van der Waals surface area contributed by atoms with E-state index in [1.165, 1.54) is 24.3 Å². The maximum atomic E-state index is 13.7. The first-order valence-electron chi connectivity index (χ1n) is 8.81. The molecule has 3 aromatic carbocycles. The van der Waals surface area contributed by atoms with Gasteiger partial charge in [-0.15, -0.1) is 11.8 Å². The number of rotatable bonds is 8. The molecule has 0 radical (unpaired) electrons. The van der Waals surface area contributed by atoms with Crippen LogP contribution in [0.3, 0.4) is 0 Å². The molecule has 0 amide bonds. The highest BCUT2D eigenvalue weighted by atomic mass is 32.2. The number of halogens is 2. The van der Waals surface area contributed by atoms with E-state index in [1.54, 1.807) is 48.2 Å². The standard InChI is InChI=1S/C23H18F2O3S/c24-18-5-1-3-16(13-18)22(17-4-2-6-19(25)14-17)11-12-29-21-9-7-20(8-10-21)28-15-23(26)27/h1-11,13-14H,12,15H2,(H,26,27). The van der Waals surface area contributed by atoms with E-state index in [0.717, 1.165) is 10.5 Å². The third kappa shape index (κ3) is 6.19. The molecule has 3 rings (SSSR count). The zero-order valence-electron chi connectivity index (χ0n) is 15.3. The zero-order chi connectivity index (χ0) is 20.6. The summed E-state index contributed by atoms with van der Waals surface area (Å²) in [5, 5.41) is 8.64. The van der Waals surface area contributed by atoms with Crippen molar-refractivity contribution >= 4 is 23.3 Å². The molecule has 0 aliphatic rings. The Balaban J connectivity index is 1.76. The Bertz CT molecular complexity index is 969. The predicted octanol–water partition coefficient (Wildman–Crippen LogP) is 5.65. The van der Waals surface area contributed by atoms with Gasteiger partial charge >= 0.3 is 5.97 Å². The van der Waals surface area contributed by atoms with Gasteiger partial charge in [-0.05, 0) is 65.2 Å². The number of carboxylic acids is 1. The minimum Gasteiger partial charge on any atom is -0.482 e. The number of ether oxygens (including phenoxy) is 1. The number of hydrogen-bond acceptors (Lipinski definition) is 3. The molecule has 3 nitrogen and oxygen atoms in total. The van der Waals surface area contributed by atoms with Crippen LogP contribution in [0.5, 0.6) is 5.75 Å². The molecule has 6 heteroatoms. The number of carboxylic acid groups (broad SMARTS) is 1. The fourth-order valence-corrected chi connectivity index (χ4v) is 3.48. The van der Waals surface area contributed by atoms with Crippen molar-refractivity contribution in [2.75, 3.05) is 12.4 Å². The smallest absolute Gasteiger partial charge is 0.341 e. The van der Waals surface area contributed by atoms with Gasteiger partial charge in [-0.2, -0.15) is 0 Å². The van der Waals surface area contributed by atoms with Gasteiger partial charge in [0, 0.05) is 10.6 Å². The van der Waals surface area contributed by atoms with Crippen molar-refractivity contribution < 1.29 is 23.4 Å². The average molecular weight is 412 g/mol. The Morgan fingerprint density at radius 3 is 2.03 bits per heavy atom. The van der Waals surface area contributed by atoms with Gasteiger partial charge in [-0.3, -0.25) is 0 Å². The topological polar surface area (TPSA) is 46.5 Å². The molecule has 0 aliphatic carbocycles. The summed E-state index contributed by atoms with van der Waals surface area (Å²) < 4.78 is 32.5. The van der Waals surface area contributed by atoms with Crippen LogP contribution in [0.1, 0.15) is 11.1 Å². The van der Waals surface area contributed by atoms with E-state index in [1.807, 2.05) is 18.2 Å². The monoisotopic (exact) mass is 412 g/mol. The van der Waals surface area contributed by atoms with E-state index < -0.39 is 5.97 Å². The maximum absolute atomic E-state index is 13.7. The van der Waals surface area contributed by atoms with Crippen molar-refractivity contribution in [3.8, 4) is 5.75 Å². The van der Waals surface area contributed by atoms with Gasteiger partial charge in [0.1, 0.15) is 17.4 Å². The molecular formula is C23H18F2O3S. The summed E-state index contributed by atoms with van der Waals surface area (Å²) in [6.07, 6.45) is 1.93. The lowest BCUT2D eigenvalue weighted by atomic mass is 9.97. The Morgan fingerprint density at radius 1 is 0.931 bits per heavy atom. The summed E-state index contributed by atoms with van der Waals surface area (Å²) in [6, 6.07) is 19.5. The molecule has 0 fully saturated rings. The summed E-state index contributed by atoms with van der Waals surface area (Å²) in [5.74, 6) is -0.676. The average Bonchev–Trinajstić information content (AvgIpc) is 2.70. The summed E-state index contributed by atoms with van der Waals surface area (Å²) in [6.45, 7) is -0.389.